The number of aryl methyl sites for hydroxylation is 4. The molecule has 0 amide bonds. The highest BCUT2D eigenvalue weighted by molar-refractivity contribution is 7.49. The van der Waals surface area contributed by atoms with Gasteiger partial charge < -0.3 is 9.84 Å². The summed E-state index contributed by atoms with van der Waals surface area (Å²) in [4.78, 5) is 0. The first-order valence-corrected chi connectivity index (χ1v) is 9.89. The van der Waals surface area contributed by atoms with Gasteiger partial charge in [-0.15, -0.1) is 5.48 Å². The van der Waals surface area contributed by atoms with Crippen molar-refractivity contribution in [2.24, 2.45) is 0 Å². The fraction of sp³-hybridized carbons (Fsp3) is 0.409. The summed E-state index contributed by atoms with van der Waals surface area (Å²) < 4.78 is 5.80. The molecule has 0 aliphatic rings. The van der Waals surface area contributed by atoms with Crippen molar-refractivity contribution in [3.05, 3.63) is 58.1 Å². The van der Waals surface area contributed by atoms with E-state index < -0.39 is 0 Å². The number of hydrogen-bond donors (Lipinski definition) is 0. The van der Waals surface area contributed by atoms with Gasteiger partial charge in [-0.1, -0.05) is 45.7 Å². The number of ether oxygens (including phenoxy) is 1. The van der Waals surface area contributed by atoms with Gasteiger partial charge in [0.15, 0.2) is 0 Å². The van der Waals surface area contributed by atoms with Gasteiger partial charge in [-0.3, -0.25) is 0 Å². The molecule has 0 saturated heterocycles. The Bertz CT molecular complexity index is 740. The zero-order chi connectivity index (χ0) is 18.4. The molecule has 25 heavy (non-hydrogen) atoms. The second-order valence-electron chi connectivity index (χ2n) is 6.69. The summed E-state index contributed by atoms with van der Waals surface area (Å²) in [7, 11) is 0.726. The zero-order valence-electron chi connectivity index (χ0n) is 16.0. The van der Waals surface area contributed by atoms with Crippen LogP contribution in [0, 0.1) is 27.7 Å². The number of unbranched alkanes of at least 4 members (excludes halogenated alkanes) is 2. The van der Waals surface area contributed by atoms with E-state index in [0.717, 1.165) is 54.5 Å². The minimum absolute atomic E-state index is 0.162. The second-order valence-corrected chi connectivity index (χ2v) is 7.81. The molecule has 0 bridgehead atoms. The third kappa shape index (κ3) is 5.42. The molecule has 0 fully saturated rings. The smallest absolute Gasteiger partial charge is 0.119 e. The van der Waals surface area contributed by atoms with E-state index in [4.69, 9.17) is 4.74 Å². The summed E-state index contributed by atoms with van der Waals surface area (Å²) >= 11 is 0. The Labute approximate surface area is 153 Å². The molecular formula is C22H28O2P-. The molecule has 0 radical (unpaired) electrons. The van der Waals surface area contributed by atoms with Crippen LogP contribution in [0.4, 0.5) is 0 Å². The van der Waals surface area contributed by atoms with Crippen molar-refractivity contribution in [2.45, 2.75) is 53.9 Å². The van der Waals surface area contributed by atoms with E-state index in [1.807, 2.05) is 39.0 Å². The van der Waals surface area contributed by atoms with Gasteiger partial charge in [0.25, 0.3) is 0 Å². The first-order valence-electron chi connectivity index (χ1n) is 8.99. The third-order valence-corrected chi connectivity index (χ3v) is 5.47. The van der Waals surface area contributed by atoms with Gasteiger partial charge in [0.2, 0.25) is 0 Å². The van der Waals surface area contributed by atoms with Gasteiger partial charge in [-0.2, -0.15) is 0 Å². The molecule has 0 aliphatic heterocycles. The minimum atomic E-state index is 0.162. The van der Waals surface area contributed by atoms with E-state index in [1.165, 1.54) is 18.4 Å². The van der Waals surface area contributed by atoms with E-state index >= 15 is 0 Å². The van der Waals surface area contributed by atoms with Crippen molar-refractivity contribution in [1.82, 2.24) is 0 Å². The van der Waals surface area contributed by atoms with Crippen LogP contribution in [0.25, 0.3) is 0 Å². The molecule has 0 spiro atoms. The van der Waals surface area contributed by atoms with Crippen LogP contribution in [0.5, 0.6) is 5.75 Å². The average Bonchev–Trinajstić information content (AvgIpc) is 2.53. The largest absolute Gasteiger partial charge is 0.823 e. The monoisotopic (exact) mass is 355 g/mol. The van der Waals surface area contributed by atoms with E-state index in [-0.39, 0.29) is 5.48 Å². The lowest BCUT2D eigenvalue weighted by Crippen LogP contribution is -2.21. The van der Waals surface area contributed by atoms with Gasteiger partial charge in [0, 0.05) is 5.30 Å². The lowest BCUT2D eigenvalue weighted by atomic mass is 10.0. The summed E-state index contributed by atoms with van der Waals surface area (Å²) in [6, 6.07) is 10.2. The maximum atomic E-state index is 12.8. The van der Waals surface area contributed by atoms with Crippen LogP contribution in [0.3, 0.4) is 0 Å². The summed E-state index contributed by atoms with van der Waals surface area (Å²) in [5.41, 5.74) is 5.43. The minimum Gasteiger partial charge on any atom is -0.823 e. The first kappa shape index (κ1) is 19.7. The fourth-order valence-corrected chi connectivity index (χ4v) is 4.14. The van der Waals surface area contributed by atoms with Crippen LogP contribution in [-0.4, -0.2) is 12.1 Å². The molecule has 0 aliphatic carbocycles. The topological polar surface area (TPSA) is 32.3 Å². The van der Waals surface area contributed by atoms with Crippen LogP contribution >= 0.6 is 8.20 Å². The molecule has 2 nitrogen and oxygen atoms in total. The normalized spacial score (nSPS) is 11.7. The molecule has 2 aromatic rings. The van der Waals surface area contributed by atoms with Gasteiger partial charge >= 0.3 is 0 Å². The molecule has 0 heterocycles. The molecule has 0 N–H and O–H groups in total. The van der Waals surface area contributed by atoms with E-state index in [0.29, 0.717) is 0 Å². The number of benzene rings is 2. The van der Waals surface area contributed by atoms with Crippen LogP contribution in [0.2, 0.25) is 0 Å². The molecule has 0 unspecified atom stereocenters. The molecule has 0 aromatic heterocycles. The summed E-state index contributed by atoms with van der Waals surface area (Å²) in [6.45, 7) is 11.1. The predicted octanol–water partition coefficient (Wildman–Crippen LogP) is 4.60. The standard InChI is InChI=1S/C22H29O2P/c1-6-7-8-11-24-19-9-10-20(16(3)14-19)25-22(23)21-17(4)12-15(2)13-18(21)5/h9-10,12-14,23H,6-8,11H2,1-5H3/p-1. The average molecular weight is 355 g/mol. The Balaban J connectivity index is 2.20. The maximum Gasteiger partial charge on any atom is 0.119 e. The lowest BCUT2D eigenvalue weighted by Gasteiger charge is -2.19. The van der Waals surface area contributed by atoms with Crippen molar-refractivity contribution >= 4 is 19.0 Å². The van der Waals surface area contributed by atoms with Crippen molar-refractivity contribution in [3.63, 3.8) is 0 Å². The molecule has 0 atom stereocenters. The predicted molar refractivity (Wildman–Crippen MR) is 108 cm³/mol. The highest BCUT2D eigenvalue weighted by Gasteiger charge is 2.05. The van der Waals surface area contributed by atoms with Crippen molar-refractivity contribution in [2.75, 3.05) is 6.61 Å². The first-order chi connectivity index (χ1) is 11.9. The molecule has 0 saturated carbocycles. The number of hydrogen-bond acceptors (Lipinski definition) is 2. The second kappa shape index (κ2) is 9.17. The van der Waals surface area contributed by atoms with E-state index in [2.05, 4.69) is 26.0 Å². The summed E-state index contributed by atoms with van der Waals surface area (Å²) in [5.74, 6) is 0.891. The van der Waals surface area contributed by atoms with Gasteiger partial charge in [-0.25, -0.2) is 0 Å². The summed E-state index contributed by atoms with van der Waals surface area (Å²) in [5, 5.41) is 13.9. The third-order valence-electron chi connectivity index (χ3n) is 4.30. The molecule has 134 valence electrons. The zero-order valence-corrected chi connectivity index (χ0v) is 16.9. The Hall–Kier alpha value is -1.63. The highest BCUT2D eigenvalue weighted by atomic mass is 31.1. The maximum absolute atomic E-state index is 12.8. The highest BCUT2D eigenvalue weighted by Crippen LogP contribution is 2.20. The lowest BCUT2D eigenvalue weighted by molar-refractivity contribution is -0.207. The molecule has 2 rings (SSSR count). The van der Waals surface area contributed by atoms with Crippen molar-refractivity contribution in [3.8, 4) is 5.75 Å². The van der Waals surface area contributed by atoms with Crippen LogP contribution in [0.1, 0.15) is 54.0 Å². The molecular weight excluding hydrogens is 327 g/mol. The van der Waals surface area contributed by atoms with Crippen LogP contribution in [0.15, 0.2) is 30.3 Å². The van der Waals surface area contributed by atoms with E-state index in [9.17, 15) is 5.11 Å². The summed E-state index contributed by atoms with van der Waals surface area (Å²) in [6.07, 6.45) is 3.47. The van der Waals surface area contributed by atoms with Crippen LogP contribution < -0.4 is 15.1 Å². The van der Waals surface area contributed by atoms with E-state index in [1.54, 1.807) is 0 Å². The van der Waals surface area contributed by atoms with Crippen molar-refractivity contribution in [1.29, 1.82) is 0 Å². The molecule has 3 heteroatoms. The van der Waals surface area contributed by atoms with Crippen LogP contribution in [-0.2, 0) is 0 Å². The van der Waals surface area contributed by atoms with Crippen molar-refractivity contribution < 1.29 is 9.84 Å². The SMILES string of the molecule is CCCCCOc1ccc(P=C([O-])c2c(C)cc(C)cc2C)c(C)c1. The molecule has 2 aromatic carbocycles. The Morgan fingerprint density at radius 3 is 2.24 bits per heavy atom. The Kier molecular flexibility index (Phi) is 7.23. The van der Waals surface area contributed by atoms with Gasteiger partial charge in [-0.05, 0) is 74.6 Å². The Morgan fingerprint density at radius 1 is 0.960 bits per heavy atom. The quantitative estimate of drug-likeness (QED) is 0.537. The van der Waals surface area contributed by atoms with Gasteiger partial charge in [0.1, 0.15) is 5.75 Å². The Morgan fingerprint density at radius 2 is 1.64 bits per heavy atom. The number of rotatable bonds is 7. The fourth-order valence-electron chi connectivity index (χ4n) is 3.07. The van der Waals surface area contributed by atoms with Gasteiger partial charge in [0.05, 0.1) is 6.61 Å².